The average Bonchev–Trinajstić information content (AvgIpc) is 2.59. The molecule has 4 heteroatoms. The lowest BCUT2D eigenvalue weighted by molar-refractivity contribution is -0.130. The molecule has 1 amide bonds. The standard InChI is InChI=1S/C18H22N2OS/c1-15(22-2)18(21)20(14-17-9-6-11-19-13-17)12-10-16-7-4-3-5-8-16/h3-9,11,13,15H,10,12,14H2,1-2H3. The SMILES string of the molecule is CSC(C)C(=O)N(CCc1ccccc1)Cc1cccnc1. The molecule has 0 spiro atoms. The number of thioether (sulfide) groups is 1. The molecule has 2 aromatic rings. The van der Waals surface area contributed by atoms with Crippen LogP contribution < -0.4 is 0 Å². The van der Waals surface area contributed by atoms with Gasteiger partial charge in [0.2, 0.25) is 5.91 Å². The van der Waals surface area contributed by atoms with E-state index in [9.17, 15) is 4.79 Å². The van der Waals surface area contributed by atoms with Crippen molar-refractivity contribution >= 4 is 17.7 Å². The van der Waals surface area contributed by atoms with Gasteiger partial charge in [-0.05, 0) is 36.8 Å². The predicted molar refractivity (Wildman–Crippen MR) is 92.8 cm³/mol. The maximum atomic E-state index is 12.6. The lowest BCUT2D eigenvalue weighted by atomic mass is 10.1. The third kappa shape index (κ3) is 4.88. The summed E-state index contributed by atoms with van der Waals surface area (Å²) in [5, 5.41) is -0.0209. The largest absolute Gasteiger partial charge is 0.337 e. The van der Waals surface area contributed by atoms with E-state index in [1.54, 1.807) is 18.0 Å². The minimum atomic E-state index is -0.0209. The van der Waals surface area contributed by atoms with E-state index in [4.69, 9.17) is 0 Å². The first-order valence-electron chi connectivity index (χ1n) is 7.45. The number of nitrogens with zero attached hydrogens (tertiary/aromatic N) is 2. The van der Waals surface area contributed by atoms with E-state index in [2.05, 4.69) is 17.1 Å². The van der Waals surface area contributed by atoms with Crippen LogP contribution in [-0.2, 0) is 17.8 Å². The smallest absolute Gasteiger partial charge is 0.235 e. The third-order valence-electron chi connectivity index (χ3n) is 3.62. The van der Waals surface area contributed by atoms with E-state index in [1.807, 2.05) is 54.6 Å². The summed E-state index contributed by atoms with van der Waals surface area (Å²) < 4.78 is 0. The van der Waals surface area contributed by atoms with Gasteiger partial charge in [0.15, 0.2) is 0 Å². The van der Waals surface area contributed by atoms with Crippen molar-refractivity contribution in [3.63, 3.8) is 0 Å². The van der Waals surface area contributed by atoms with Gasteiger partial charge >= 0.3 is 0 Å². The fourth-order valence-electron chi connectivity index (χ4n) is 2.25. The molecule has 116 valence electrons. The maximum absolute atomic E-state index is 12.6. The van der Waals surface area contributed by atoms with Crippen molar-refractivity contribution in [1.29, 1.82) is 0 Å². The van der Waals surface area contributed by atoms with Crippen molar-refractivity contribution in [3.05, 3.63) is 66.0 Å². The number of carbonyl (C=O) groups excluding carboxylic acids is 1. The molecule has 1 heterocycles. The zero-order chi connectivity index (χ0) is 15.8. The Balaban J connectivity index is 2.05. The van der Waals surface area contributed by atoms with Crippen molar-refractivity contribution in [1.82, 2.24) is 9.88 Å². The Morgan fingerprint density at radius 3 is 2.55 bits per heavy atom. The predicted octanol–water partition coefficient (Wildman–Crippen LogP) is 3.40. The zero-order valence-corrected chi connectivity index (χ0v) is 13.9. The maximum Gasteiger partial charge on any atom is 0.235 e. The number of aromatic nitrogens is 1. The molecule has 1 aromatic heterocycles. The zero-order valence-electron chi connectivity index (χ0n) is 13.1. The summed E-state index contributed by atoms with van der Waals surface area (Å²) in [6.07, 6.45) is 6.42. The molecular formula is C18H22N2OS. The van der Waals surface area contributed by atoms with Gasteiger partial charge in [-0.15, -0.1) is 0 Å². The van der Waals surface area contributed by atoms with Crippen LogP contribution in [0.5, 0.6) is 0 Å². The van der Waals surface area contributed by atoms with Crippen LogP contribution in [-0.4, -0.2) is 33.8 Å². The quantitative estimate of drug-likeness (QED) is 0.785. The van der Waals surface area contributed by atoms with Crippen LogP contribution in [0.25, 0.3) is 0 Å². The van der Waals surface area contributed by atoms with Crippen molar-refractivity contribution in [2.75, 3.05) is 12.8 Å². The van der Waals surface area contributed by atoms with Crippen molar-refractivity contribution < 1.29 is 4.79 Å². The first kappa shape index (κ1) is 16.6. The van der Waals surface area contributed by atoms with Crippen molar-refractivity contribution in [2.45, 2.75) is 25.1 Å². The van der Waals surface area contributed by atoms with Crippen LogP contribution in [0, 0.1) is 0 Å². The van der Waals surface area contributed by atoms with Gasteiger partial charge in [-0.3, -0.25) is 9.78 Å². The highest BCUT2D eigenvalue weighted by atomic mass is 32.2. The van der Waals surface area contributed by atoms with E-state index in [0.29, 0.717) is 6.54 Å². The van der Waals surface area contributed by atoms with Gasteiger partial charge < -0.3 is 4.90 Å². The molecule has 0 aliphatic carbocycles. The third-order valence-corrected chi connectivity index (χ3v) is 4.53. The van der Waals surface area contributed by atoms with E-state index in [0.717, 1.165) is 18.5 Å². The summed E-state index contributed by atoms with van der Waals surface area (Å²) in [5.41, 5.74) is 2.32. The van der Waals surface area contributed by atoms with Gasteiger partial charge in [-0.2, -0.15) is 11.8 Å². The van der Waals surface area contributed by atoms with Gasteiger partial charge in [0, 0.05) is 25.5 Å². The number of carbonyl (C=O) groups is 1. The molecule has 1 atom stereocenters. The molecule has 0 bridgehead atoms. The lowest BCUT2D eigenvalue weighted by Gasteiger charge is -2.25. The van der Waals surface area contributed by atoms with Crippen LogP contribution in [0.4, 0.5) is 0 Å². The van der Waals surface area contributed by atoms with E-state index >= 15 is 0 Å². The van der Waals surface area contributed by atoms with Crippen molar-refractivity contribution in [2.24, 2.45) is 0 Å². The molecule has 3 nitrogen and oxygen atoms in total. The normalized spacial score (nSPS) is 11.9. The first-order chi connectivity index (χ1) is 10.7. The fourth-order valence-corrected chi connectivity index (χ4v) is 2.60. The summed E-state index contributed by atoms with van der Waals surface area (Å²) >= 11 is 1.59. The summed E-state index contributed by atoms with van der Waals surface area (Å²) in [6, 6.07) is 14.2. The second kappa shape index (κ2) is 8.59. The highest BCUT2D eigenvalue weighted by Gasteiger charge is 2.19. The summed E-state index contributed by atoms with van der Waals surface area (Å²) in [7, 11) is 0. The Kier molecular flexibility index (Phi) is 6.46. The van der Waals surface area contributed by atoms with Gasteiger partial charge in [0.1, 0.15) is 0 Å². The first-order valence-corrected chi connectivity index (χ1v) is 8.74. The van der Waals surface area contributed by atoms with Crippen LogP contribution in [0.3, 0.4) is 0 Å². The van der Waals surface area contributed by atoms with Gasteiger partial charge in [0.25, 0.3) is 0 Å². The molecular weight excluding hydrogens is 292 g/mol. The van der Waals surface area contributed by atoms with E-state index < -0.39 is 0 Å². The highest BCUT2D eigenvalue weighted by molar-refractivity contribution is 7.99. The van der Waals surface area contributed by atoms with Gasteiger partial charge in [-0.25, -0.2) is 0 Å². The molecule has 22 heavy (non-hydrogen) atoms. The second-order valence-electron chi connectivity index (χ2n) is 5.23. The summed E-state index contributed by atoms with van der Waals surface area (Å²) in [4.78, 5) is 18.7. The van der Waals surface area contributed by atoms with Crippen LogP contribution in [0.15, 0.2) is 54.9 Å². The number of benzene rings is 1. The number of rotatable bonds is 7. The molecule has 0 N–H and O–H groups in total. The second-order valence-corrected chi connectivity index (χ2v) is 6.41. The molecule has 2 rings (SSSR count). The molecule has 0 saturated heterocycles. The van der Waals surface area contributed by atoms with Crippen LogP contribution >= 0.6 is 11.8 Å². The average molecular weight is 314 g/mol. The minimum Gasteiger partial charge on any atom is -0.337 e. The Labute approximate surface area is 136 Å². The Bertz CT molecular complexity index is 574. The molecule has 0 saturated carbocycles. The van der Waals surface area contributed by atoms with Crippen molar-refractivity contribution in [3.8, 4) is 0 Å². The monoisotopic (exact) mass is 314 g/mol. The molecule has 1 aromatic carbocycles. The summed E-state index contributed by atoms with van der Waals surface area (Å²) in [6.45, 7) is 3.30. The van der Waals surface area contributed by atoms with E-state index in [1.165, 1.54) is 5.56 Å². The molecule has 0 aliphatic rings. The number of amides is 1. The lowest BCUT2D eigenvalue weighted by Crippen LogP contribution is -2.37. The molecule has 0 aliphatic heterocycles. The van der Waals surface area contributed by atoms with E-state index in [-0.39, 0.29) is 11.2 Å². The fraction of sp³-hybridized carbons (Fsp3) is 0.333. The number of hydrogen-bond acceptors (Lipinski definition) is 3. The highest BCUT2D eigenvalue weighted by Crippen LogP contribution is 2.13. The summed E-state index contributed by atoms with van der Waals surface area (Å²) in [5.74, 6) is 0.187. The van der Waals surface area contributed by atoms with Gasteiger partial charge in [0.05, 0.1) is 5.25 Å². The molecule has 0 fully saturated rings. The van der Waals surface area contributed by atoms with Crippen LogP contribution in [0.2, 0.25) is 0 Å². The Morgan fingerprint density at radius 2 is 1.91 bits per heavy atom. The Hall–Kier alpha value is -1.81. The molecule has 0 radical (unpaired) electrons. The van der Waals surface area contributed by atoms with Crippen LogP contribution in [0.1, 0.15) is 18.1 Å². The number of pyridine rings is 1. The Morgan fingerprint density at radius 1 is 1.18 bits per heavy atom. The topological polar surface area (TPSA) is 33.2 Å². The minimum absolute atomic E-state index is 0.0209. The van der Waals surface area contributed by atoms with Gasteiger partial charge in [-0.1, -0.05) is 36.4 Å². The molecule has 1 unspecified atom stereocenters. The number of hydrogen-bond donors (Lipinski definition) is 0.